The van der Waals surface area contributed by atoms with Gasteiger partial charge in [-0.1, -0.05) is 27.2 Å². The van der Waals surface area contributed by atoms with Crippen LogP contribution in [0.5, 0.6) is 0 Å². The molecular weight excluding hydrogens is 234 g/mol. The molecule has 0 saturated heterocycles. The molecule has 0 bridgehead atoms. The highest BCUT2D eigenvalue weighted by molar-refractivity contribution is 4.61. The number of rotatable bonds is 13. The maximum Gasteiger partial charge on any atom is -0.00484 e. The topological polar surface area (TPSA) is 50.1 Å². The highest BCUT2D eigenvalue weighted by Gasteiger charge is 2.08. The number of hydrogen-bond acceptors (Lipinski definition) is 3. The Labute approximate surface area is 121 Å². The average Bonchev–Trinajstić information content (AvgIpc) is 2.34. The molecule has 0 saturated carbocycles. The molecule has 19 heavy (non-hydrogen) atoms. The highest BCUT2D eigenvalue weighted by atomic mass is 14.9. The van der Waals surface area contributed by atoms with Crippen molar-refractivity contribution < 1.29 is 0 Å². The third kappa shape index (κ3) is 17.9. The van der Waals surface area contributed by atoms with Crippen LogP contribution < -0.4 is 16.4 Å². The van der Waals surface area contributed by atoms with Crippen molar-refractivity contribution in [1.29, 1.82) is 0 Å². The lowest BCUT2D eigenvalue weighted by Gasteiger charge is -2.17. The van der Waals surface area contributed by atoms with Crippen LogP contribution in [0, 0.1) is 5.41 Å². The van der Waals surface area contributed by atoms with Crippen molar-refractivity contribution in [2.45, 2.75) is 65.7 Å². The van der Waals surface area contributed by atoms with Gasteiger partial charge in [0, 0.05) is 0 Å². The Bertz CT molecular complexity index is 175. The molecule has 3 heteroatoms. The molecule has 0 rings (SSSR count). The van der Waals surface area contributed by atoms with Gasteiger partial charge in [0.15, 0.2) is 0 Å². The molecule has 0 aromatic rings. The van der Waals surface area contributed by atoms with E-state index in [1.165, 1.54) is 51.6 Å². The van der Waals surface area contributed by atoms with Crippen molar-refractivity contribution in [1.82, 2.24) is 10.6 Å². The summed E-state index contributed by atoms with van der Waals surface area (Å²) in [6.45, 7) is 12.4. The molecule has 0 spiro atoms. The normalized spacial score (nSPS) is 12.0. The quantitative estimate of drug-likeness (QED) is 0.451. The van der Waals surface area contributed by atoms with Crippen LogP contribution in [0.15, 0.2) is 0 Å². The third-order valence-electron chi connectivity index (χ3n) is 3.30. The largest absolute Gasteiger partial charge is 0.330 e. The van der Waals surface area contributed by atoms with Crippen LogP contribution in [0.3, 0.4) is 0 Å². The first-order valence-corrected chi connectivity index (χ1v) is 8.18. The number of nitrogens with two attached hydrogens (primary N) is 1. The zero-order valence-electron chi connectivity index (χ0n) is 13.6. The fourth-order valence-electron chi connectivity index (χ4n) is 2.05. The van der Waals surface area contributed by atoms with Crippen LogP contribution in [-0.2, 0) is 0 Å². The van der Waals surface area contributed by atoms with E-state index >= 15 is 0 Å². The van der Waals surface area contributed by atoms with Crippen molar-refractivity contribution in [2.75, 3.05) is 32.7 Å². The Morgan fingerprint density at radius 1 is 0.684 bits per heavy atom. The molecule has 0 aromatic heterocycles. The summed E-state index contributed by atoms with van der Waals surface area (Å²) in [5, 5.41) is 7.00. The second-order valence-corrected chi connectivity index (χ2v) is 6.72. The lowest BCUT2D eigenvalue weighted by atomic mass is 9.90. The van der Waals surface area contributed by atoms with Gasteiger partial charge in [0.05, 0.1) is 0 Å². The van der Waals surface area contributed by atoms with Crippen LogP contribution in [-0.4, -0.2) is 32.7 Å². The van der Waals surface area contributed by atoms with Gasteiger partial charge in [0.25, 0.3) is 0 Å². The summed E-state index contributed by atoms with van der Waals surface area (Å²) in [5.41, 5.74) is 5.94. The van der Waals surface area contributed by atoms with E-state index in [9.17, 15) is 0 Å². The lowest BCUT2D eigenvalue weighted by molar-refractivity contribution is 0.358. The summed E-state index contributed by atoms with van der Waals surface area (Å²) in [6, 6.07) is 0. The maximum atomic E-state index is 5.45. The molecule has 4 N–H and O–H groups in total. The highest BCUT2D eigenvalue weighted by Crippen LogP contribution is 2.21. The minimum Gasteiger partial charge on any atom is -0.330 e. The molecule has 0 heterocycles. The molecule has 0 amide bonds. The molecule has 0 aliphatic carbocycles. The van der Waals surface area contributed by atoms with Crippen LogP contribution >= 0.6 is 0 Å². The van der Waals surface area contributed by atoms with Crippen molar-refractivity contribution in [2.24, 2.45) is 11.1 Å². The first-order chi connectivity index (χ1) is 9.06. The van der Waals surface area contributed by atoms with Crippen LogP contribution in [0.2, 0.25) is 0 Å². The van der Waals surface area contributed by atoms with Gasteiger partial charge in [-0.15, -0.1) is 0 Å². The predicted octanol–water partition coefficient (Wildman–Crippen LogP) is 2.90. The average molecular weight is 271 g/mol. The number of hydrogen-bond donors (Lipinski definition) is 3. The summed E-state index contributed by atoms with van der Waals surface area (Å²) in [5.74, 6) is 0. The van der Waals surface area contributed by atoms with E-state index in [-0.39, 0.29) is 0 Å². The van der Waals surface area contributed by atoms with Gasteiger partial charge in [-0.2, -0.15) is 0 Å². The van der Waals surface area contributed by atoms with E-state index in [1.54, 1.807) is 0 Å². The summed E-state index contributed by atoms with van der Waals surface area (Å²) in [7, 11) is 0. The van der Waals surface area contributed by atoms with Gasteiger partial charge in [-0.05, 0) is 76.7 Å². The van der Waals surface area contributed by atoms with E-state index in [0.717, 1.165) is 26.1 Å². The molecule has 0 radical (unpaired) electrons. The van der Waals surface area contributed by atoms with E-state index in [2.05, 4.69) is 31.4 Å². The molecular formula is C16H37N3. The van der Waals surface area contributed by atoms with E-state index < -0.39 is 0 Å². The second-order valence-electron chi connectivity index (χ2n) is 6.72. The van der Waals surface area contributed by atoms with Gasteiger partial charge in [-0.3, -0.25) is 0 Å². The first kappa shape index (κ1) is 18.9. The van der Waals surface area contributed by atoms with Gasteiger partial charge in [0.2, 0.25) is 0 Å². The van der Waals surface area contributed by atoms with Gasteiger partial charge >= 0.3 is 0 Å². The van der Waals surface area contributed by atoms with Crippen molar-refractivity contribution in [3.63, 3.8) is 0 Å². The minimum absolute atomic E-state index is 0.496. The Balaban J connectivity index is 2.99. The van der Waals surface area contributed by atoms with Gasteiger partial charge < -0.3 is 16.4 Å². The van der Waals surface area contributed by atoms with Crippen LogP contribution in [0.25, 0.3) is 0 Å². The number of unbranched alkanes of at least 4 members (excludes halogenated alkanes) is 3. The third-order valence-corrected chi connectivity index (χ3v) is 3.30. The monoisotopic (exact) mass is 271 g/mol. The fourth-order valence-corrected chi connectivity index (χ4v) is 2.05. The maximum absolute atomic E-state index is 5.45. The van der Waals surface area contributed by atoms with E-state index in [4.69, 9.17) is 5.73 Å². The standard InChI is InChI=1S/C16H37N3/c1-16(2,3)10-4-6-12-18-14-8-9-15-19-13-7-5-11-17/h18-19H,4-15,17H2,1-3H3. The van der Waals surface area contributed by atoms with Gasteiger partial charge in [0.1, 0.15) is 0 Å². The predicted molar refractivity (Wildman–Crippen MR) is 86.6 cm³/mol. The van der Waals surface area contributed by atoms with E-state index in [0.29, 0.717) is 5.41 Å². The minimum atomic E-state index is 0.496. The molecule has 0 aliphatic rings. The zero-order valence-corrected chi connectivity index (χ0v) is 13.6. The molecule has 0 aliphatic heterocycles. The Hall–Kier alpha value is -0.120. The fraction of sp³-hybridized carbons (Fsp3) is 1.00. The van der Waals surface area contributed by atoms with Crippen molar-refractivity contribution in [3.05, 3.63) is 0 Å². The molecule has 3 nitrogen and oxygen atoms in total. The molecule has 116 valence electrons. The van der Waals surface area contributed by atoms with Crippen LogP contribution in [0.1, 0.15) is 65.7 Å². The van der Waals surface area contributed by atoms with Gasteiger partial charge in [-0.25, -0.2) is 0 Å². The summed E-state index contributed by atoms with van der Waals surface area (Å²) >= 11 is 0. The number of nitrogens with one attached hydrogen (secondary N) is 2. The Morgan fingerprint density at radius 2 is 1.11 bits per heavy atom. The van der Waals surface area contributed by atoms with Crippen LogP contribution in [0.4, 0.5) is 0 Å². The Kier molecular flexibility index (Phi) is 12.8. The second kappa shape index (κ2) is 12.9. The molecule has 0 atom stereocenters. The summed E-state index contributed by atoms with van der Waals surface area (Å²) in [4.78, 5) is 0. The Morgan fingerprint density at radius 3 is 1.53 bits per heavy atom. The lowest BCUT2D eigenvalue weighted by Crippen LogP contribution is -2.21. The summed E-state index contributed by atoms with van der Waals surface area (Å²) in [6.07, 6.45) is 8.90. The SMILES string of the molecule is CC(C)(C)CCCCNCCCCNCCCCN. The zero-order chi connectivity index (χ0) is 14.4. The summed E-state index contributed by atoms with van der Waals surface area (Å²) < 4.78 is 0. The van der Waals surface area contributed by atoms with E-state index in [1.807, 2.05) is 0 Å². The molecule has 0 unspecified atom stereocenters. The first-order valence-electron chi connectivity index (χ1n) is 8.18. The smallest absolute Gasteiger partial charge is 0.00484 e. The van der Waals surface area contributed by atoms with Crippen molar-refractivity contribution in [3.8, 4) is 0 Å². The molecule has 0 aromatic carbocycles. The van der Waals surface area contributed by atoms with Crippen molar-refractivity contribution >= 4 is 0 Å². The molecule has 0 fully saturated rings.